The molecule has 0 saturated heterocycles. The number of hydrogen-bond donors (Lipinski definition) is 0. The van der Waals surface area contributed by atoms with E-state index in [2.05, 4.69) is 179 Å². The highest BCUT2D eigenvalue weighted by Gasteiger charge is 2.44. The van der Waals surface area contributed by atoms with E-state index in [0.717, 1.165) is 40.9 Å². The fourth-order valence-corrected chi connectivity index (χ4v) is 13.0. The summed E-state index contributed by atoms with van der Waals surface area (Å²) in [5.74, 6) is 0. The summed E-state index contributed by atoms with van der Waals surface area (Å²) in [6, 6.07) is 58.1. The van der Waals surface area contributed by atoms with Crippen molar-refractivity contribution >= 4 is 10.8 Å². The molecule has 2 aliphatic carbocycles. The first-order valence-corrected chi connectivity index (χ1v) is 28.5. The number of unbranched alkanes of at least 4 members (excludes halogenated alkanes) is 12. The number of nitrogens with zero attached hydrogens (tertiary/aromatic N) is 2. The van der Waals surface area contributed by atoms with Gasteiger partial charge in [-0.05, 0) is 134 Å². The summed E-state index contributed by atoms with van der Waals surface area (Å²) < 4.78 is 0. The highest BCUT2D eigenvalue weighted by molar-refractivity contribution is 5.89. The Morgan fingerprint density at radius 3 is 1.31 bits per heavy atom. The maximum absolute atomic E-state index is 5.50. The van der Waals surface area contributed by atoms with Gasteiger partial charge >= 0.3 is 0 Å². The van der Waals surface area contributed by atoms with Crippen LogP contribution in [0.3, 0.4) is 0 Å². The van der Waals surface area contributed by atoms with Crippen molar-refractivity contribution in [2.45, 2.75) is 167 Å². The fourth-order valence-electron chi connectivity index (χ4n) is 13.0. The van der Waals surface area contributed by atoms with Gasteiger partial charge < -0.3 is 0 Å². The van der Waals surface area contributed by atoms with Crippen molar-refractivity contribution in [2.24, 2.45) is 0 Å². The lowest BCUT2D eigenvalue weighted by atomic mass is 9.69. The van der Waals surface area contributed by atoms with Crippen molar-refractivity contribution in [1.29, 1.82) is 0 Å². The molecule has 0 aliphatic heterocycles. The lowest BCUT2D eigenvalue weighted by Gasteiger charge is -2.34. The van der Waals surface area contributed by atoms with Crippen molar-refractivity contribution in [2.75, 3.05) is 0 Å². The van der Waals surface area contributed by atoms with Crippen LogP contribution in [0.25, 0.3) is 77.9 Å². The largest absolute Gasteiger partial charge is 0.254 e. The monoisotopic (exact) mass is 947 g/mol. The van der Waals surface area contributed by atoms with Gasteiger partial charge in [0.2, 0.25) is 0 Å². The summed E-state index contributed by atoms with van der Waals surface area (Å²) in [4.78, 5) is 10.5. The molecule has 0 N–H and O–H groups in total. The number of fused-ring (bicyclic) bond motifs is 7. The minimum atomic E-state index is -0.0901. The third-order valence-electron chi connectivity index (χ3n) is 16.9. The number of rotatable bonds is 24. The molecule has 0 unspecified atom stereocenters. The minimum absolute atomic E-state index is 0.0607. The molecular weight excluding hydrogens is 869 g/mol. The van der Waals surface area contributed by atoms with Crippen molar-refractivity contribution in [1.82, 2.24) is 9.97 Å². The van der Waals surface area contributed by atoms with Crippen LogP contribution in [0, 0.1) is 0 Å². The zero-order valence-electron chi connectivity index (χ0n) is 44.0. The Labute approximate surface area is 432 Å². The van der Waals surface area contributed by atoms with E-state index >= 15 is 0 Å². The standard InChI is InChI=1S/C70H78N2/c1-5-9-13-24-40-69(41-25-14-10-6-2)62-33-23-22-32-58(62)59-37-34-53(44-63(59)69)54-35-38-60-61-39-36-55(46-65(61)70(64(60)45-54,42-26-15-11-7-3)43-27-16-12-8-4)66-48-57(51-28-18-17-19-29-51)49-68(72-66)67-47-52-30-20-21-31-56(52)50-71-67/h17-23,28-39,44-50H,5-16,24-27,40-43H2,1-4H3. The van der Waals surface area contributed by atoms with Gasteiger partial charge in [0.25, 0.3) is 0 Å². The molecule has 0 bridgehead atoms. The predicted molar refractivity (Wildman–Crippen MR) is 309 cm³/mol. The maximum Gasteiger partial charge on any atom is 0.0900 e. The third kappa shape index (κ3) is 9.88. The van der Waals surface area contributed by atoms with Gasteiger partial charge in [-0.15, -0.1) is 0 Å². The van der Waals surface area contributed by atoms with Gasteiger partial charge in [-0.3, -0.25) is 4.98 Å². The molecule has 368 valence electrons. The first-order valence-electron chi connectivity index (χ1n) is 28.5. The number of benzene rings is 6. The van der Waals surface area contributed by atoms with Crippen LogP contribution in [0.15, 0.2) is 158 Å². The molecular formula is C70H78N2. The summed E-state index contributed by atoms with van der Waals surface area (Å²) in [7, 11) is 0. The second-order valence-electron chi connectivity index (χ2n) is 21.6. The van der Waals surface area contributed by atoms with E-state index in [1.54, 1.807) is 16.7 Å². The summed E-state index contributed by atoms with van der Waals surface area (Å²) >= 11 is 0. The van der Waals surface area contributed by atoms with E-state index in [1.807, 2.05) is 6.20 Å². The average molecular weight is 947 g/mol. The zero-order chi connectivity index (χ0) is 49.3. The Morgan fingerprint density at radius 2 is 0.750 bits per heavy atom. The summed E-state index contributed by atoms with van der Waals surface area (Å²) in [5, 5.41) is 2.32. The Morgan fingerprint density at radius 1 is 0.306 bits per heavy atom. The Bertz CT molecular complexity index is 3080. The van der Waals surface area contributed by atoms with Gasteiger partial charge in [0.15, 0.2) is 0 Å². The summed E-state index contributed by atoms with van der Waals surface area (Å²) in [6.07, 6.45) is 27.2. The number of pyridine rings is 2. The molecule has 0 fully saturated rings. The summed E-state index contributed by atoms with van der Waals surface area (Å²) in [6.45, 7) is 9.37. The molecule has 8 aromatic rings. The van der Waals surface area contributed by atoms with Gasteiger partial charge in [0, 0.05) is 28.0 Å². The van der Waals surface area contributed by atoms with Gasteiger partial charge in [-0.25, -0.2) is 4.98 Å². The van der Waals surface area contributed by atoms with E-state index in [-0.39, 0.29) is 10.8 Å². The summed E-state index contributed by atoms with van der Waals surface area (Å²) in [5.41, 5.74) is 21.0. The molecule has 10 rings (SSSR count). The van der Waals surface area contributed by atoms with Crippen molar-refractivity contribution < 1.29 is 0 Å². The molecule has 2 heterocycles. The third-order valence-corrected chi connectivity index (χ3v) is 16.9. The van der Waals surface area contributed by atoms with E-state index < -0.39 is 0 Å². The quantitative estimate of drug-likeness (QED) is 0.0564. The van der Waals surface area contributed by atoms with Crippen LogP contribution in [0.1, 0.15) is 178 Å². The SMILES string of the molecule is CCCCCCC1(CCCCCC)c2ccccc2-c2ccc(-c3ccc4c(c3)C(CCCCCC)(CCCCCC)c3cc(-c5cc(-c6ccccc6)cc(-c6cc7ccccc7cn6)n5)ccc3-4)cc21. The van der Waals surface area contributed by atoms with Crippen molar-refractivity contribution in [3.63, 3.8) is 0 Å². The molecule has 2 nitrogen and oxygen atoms in total. The van der Waals surface area contributed by atoms with E-state index in [0.29, 0.717) is 0 Å². The molecule has 0 radical (unpaired) electrons. The fraction of sp³-hybridized carbons (Fsp3) is 0.371. The van der Waals surface area contributed by atoms with Crippen LogP contribution in [-0.4, -0.2) is 9.97 Å². The van der Waals surface area contributed by atoms with Crippen LogP contribution in [0.4, 0.5) is 0 Å². The average Bonchev–Trinajstić information content (AvgIpc) is 3.86. The smallest absolute Gasteiger partial charge is 0.0900 e. The Kier molecular flexibility index (Phi) is 15.6. The lowest BCUT2D eigenvalue weighted by molar-refractivity contribution is 0.401. The number of hydrogen-bond acceptors (Lipinski definition) is 2. The second-order valence-corrected chi connectivity index (χ2v) is 21.6. The minimum Gasteiger partial charge on any atom is -0.254 e. The molecule has 0 atom stereocenters. The molecule has 2 aromatic heterocycles. The van der Waals surface area contributed by atoms with Crippen LogP contribution in [0.2, 0.25) is 0 Å². The molecule has 0 amide bonds. The highest BCUT2D eigenvalue weighted by Crippen LogP contribution is 2.58. The lowest BCUT2D eigenvalue weighted by Crippen LogP contribution is -2.26. The normalized spacial score (nSPS) is 13.8. The first-order chi connectivity index (χ1) is 35.5. The molecule has 2 heteroatoms. The van der Waals surface area contributed by atoms with Gasteiger partial charge in [0.1, 0.15) is 0 Å². The Hall–Kier alpha value is -6.12. The van der Waals surface area contributed by atoms with Gasteiger partial charge in [-0.2, -0.15) is 0 Å². The Balaban J connectivity index is 1.10. The number of aromatic nitrogens is 2. The van der Waals surface area contributed by atoms with Crippen LogP contribution in [-0.2, 0) is 10.8 Å². The van der Waals surface area contributed by atoms with Gasteiger partial charge in [-0.1, -0.05) is 246 Å². The zero-order valence-corrected chi connectivity index (χ0v) is 44.0. The topological polar surface area (TPSA) is 25.8 Å². The van der Waals surface area contributed by atoms with Crippen LogP contribution >= 0.6 is 0 Å². The van der Waals surface area contributed by atoms with Crippen molar-refractivity contribution in [3.8, 4) is 67.2 Å². The van der Waals surface area contributed by atoms with E-state index in [9.17, 15) is 0 Å². The van der Waals surface area contributed by atoms with Crippen LogP contribution in [0.5, 0.6) is 0 Å². The molecule has 72 heavy (non-hydrogen) atoms. The molecule has 0 spiro atoms. The van der Waals surface area contributed by atoms with Crippen LogP contribution < -0.4 is 0 Å². The van der Waals surface area contributed by atoms with E-state index in [1.165, 1.54) is 171 Å². The highest BCUT2D eigenvalue weighted by atomic mass is 14.8. The van der Waals surface area contributed by atoms with Gasteiger partial charge in [0.05, 0.1) is 17.1 Å². The maximum atomic E-state index is 5.50. The van der Waals surface area contributed by atoms with E-state index in [4.69, 9.17) is 9.97 Å². The molecule has 6 aromatic carbocycles. The van der Waals surface area contributed by atoms with Crippen molar-refractivity contribution in [3.05, 3.63) is 180 Å². The predicted octanol–water partition coefficient (Wildman–Crippen LogP) is 20.7. The second kappa shape index (κ2) is 22.7. The molecule has 2 aliphatic rings. The first kappa shape index (κ1) is 49.5. The molecule has 0 saturated carbocycles.